The van der Waals surface area contributed by atoms with Crippen LogP contribution in [0.15, 0.2) is 48.5 Å². The fourth-order valence-electron chi connectivity index (χ4n) is 7.40. The first-order chi connectivity index (χ1) is 22.3. The predicted molar refractivity (Wildman–Crippen MR) is 178 cm³/mol. The van der Waals surface area contributed by atoms with E-state index in [1.807, 2.05) is 42.2 Å². The molecule has 252 valence electrons. The van der Waals surface area contributed by atoms with Crippen molar-refractivity contribution in [2.45, 2.75) is 84.4 Å². The largest absolute Gasteiger partial charge is 0.493 e. The van der Waals surface area contributed by atoms with Crippen LogP contribution in [0.3, 0.4) is 0 Å². The predicted octanol–water partition coefficient (Wildman–Crippen LogP) is 6.24. The Morgan fingerprint density at radius 1 is 0.935 bits per heavy atom. The Morgan fingerprint density at radius 3 is 2.35 bits per heavy atom. The van der Waals surface area contributed by atoms with E-state index in [4.69, 9.17) is 9.47 Å². The van der Waals surface area contributed by atoms with Gasteiger partial charge in [-0.15, -0.1) is 0 Å². The minimum absolute atomic E-state index is 0.0449. The number of amides is 2. The minimum Gasteiger partial charge on any atom is -0.493 e. The molecule has 0 radical (unpaired) electrons. The molecule has 0 aromatic heterocycles. The summed E-state index contributed by atoms with van der Waals surface area (Å²) in [6.45, 7) is 10.6. The van der Waals surface area contributed by atoms with Gasteiger partial charge >= 0.3 is 6.09 Å². The second-order valence-electron chi connectivity index (χ2n) is 13.7. The molecule has 3 aliphatic rings. The lowest BCUT2D eigenvalue weighted by molar-refractivity contribution is -0.137. The van der Waals surface area contributed by atoms with Crippen molar-refractivity contribution in [3.8, 4) is 5.75 Å². The third kappa shape index (κ3) is 9.44. The molecule has 1 N–H and O–H groups in total. The third-order valence-electron chi connectivity index (χ3n) is 10.4. The van der Waals surface area contributed by atoms with Crippen LogP contribution in [0, 0.1) is 17.2 Å². The van der Waals surface area contributed by atoms with Crippen LogP contribution in [0.1, 0.15) is 76.3 Å². The molecule has 1 saturated carbocycles. The number of nitrogens with zero attached hydrogens (tertiary/aromatic N) is 3. The molecule has 0 spiro atoms. The van der Waals surface area contributed by atoms with Gasteiger partial charge in [-0.2, -0.15) is 0 Å². The molecule has 9 heteroatoms. The highest BCUT2D eigenvalue weighted by Crippen LogP contribution is 2.39. The molecule has 2 aliphatic heterocycles. The van der Waals surface area contributed by atoms with E-state index in [-0.39, 0.29) is 24.2 Å². The number of carbonyl (C=O) groups excluding carboxylic acids is 2. The summed E-state index contributed by atoms with van der Waals surface area (Å²) in [6.07, 6.45) is 9.11. The van der Waals surface area contributed by atoms with Crippen molar-refractivity contribution >= 4 is 12.0 Å². The van der Waals surface area contributed by atoms with Gasteiger partial charge in [0.25, 0.3) is 0 Å². The number of carbonyl (C=O) groups is 2. The van der Waals surface area contributed by atoms with Gasteiger partial charge in [0, 0.05) is 38.3 Å². The van der Waals surface area contributed by atoms with Crippen molar-refractivity contribution in [1.29, 1.82) is 0 Å². The summed E-state index contributed by atoms with van der Waals surface area (Å²) >= 11 is 0. The Balaban J connectivity index is 1.18. The highest BCUT2D eigenvalue weighted by Gasteiger charge is 2.37. The highest BCUT2D eigenvalue weighted by atomic mass is 19.1. The van der Waals surface area contributed by atoms with E-state index in [1.54, 1.807) is 12.1 Å². The van der Waals surface area contributed by atoms with Gasteiger partial charge in [-0.05, 0) is 87.7 Å². The van der Waals surface area contributed by atoms with Gasteiger partial charge in [-0.3, -0.25) is 9.69 Å². The minimum atomic E-state index is -0.635. The Bertz CT molecular complexity index is 1260. The molecule has 1 aliphatic carbocycles. The molecule has 1 atom stereocenters. The summed E-state index contributed by atoms with van der Waals surface area (Å²) in [7, 11) is 0. The first-order valence-corrected chi connectivity index (χ1v) is 17.4. The molecule has 3 fully saturated rings. The number of alkyl carbamates (subject to hydrolysis) is 1. The molecule has 0 bridgehead atoms. The van der Waals surface area contributed by atoms with Gasteiger partial charge in [0.15, 0.2) is 0 Å². The maximum Gasteiger partial charge on any atom is 0.408 e. The smallest absolute Gasteiger partial charge is 0.408 e. The van der Waals surface area contributed by atoms with E-state index in [1.165, 1.54) is 44.6 Å². The number of rotatable bonds is 12. The van der Waals surface area contributed by atoms with Crippen molar-refractivity contribution in [2.75, 3.05) is 52.4 Å². The maximum atomic E-state index is 14.7. The van der Waals surface area contributed by atoms with Gasteiger partial charge in [0.2, 0.25) is 5.91 Å². The number of hydrogen-bond acceptors (Lipinski definition) is 6. The average molecular weight is 637 g/mol. The normalized spacial score (nSPS) is 20.2. The third-order valence-corrected chi connectivity index (χ3v) is 10.4. The maximum absolute atomic E-state index is 14.7. The molecular formula is C37H53FN4O4. The van der Waals surface area contributed by atoms with Crippen molar-refractivity contribution in [3.05, 3.63) is 65.5 Å². The van der Waals surface area contributed by atoms with Crippen LogP contribution >= 0.6 is 0 Å². The van der Waals surface area contributed by atoms with Crippen LogP contribution in [0.4, 0.5) is 9.18 Å². The Labute approximate surface area is 274 Å². The van der Waals surface area contributed by atoms with E-state index >= 15 is 0 Å². The number of benzene rings is 2. The second kappa shape index (κ2) is 16.6. The average Bonchev–Trinajstić information content (AvgIpc) is 3.08. The van der Waals surface area contributed by atoms with Gasteiger partial charge < -0.3 is 24.6 Å². The molecule has 8 nitrogen and oxygen atoms in total. The number of hydrogen-bond donors (Lipinski definition) is 1. The van der Waals surface area contributed by atoms with Crippen LogP contribution < -0.4 is 10.1 Å². The van der Waals surface area contributed by atoms with Crippen molar-refractivity contribution in [2.24, 2.45) is 11.3 Å². The van der Waals surface area contributed by atoms with E-state index in [0.717, 1.165) is 38.0 Å². The summed E-state index contributed by atoms with van der Waals surface area (Å²) < 4.78 is 25.9. The van der Waals surface area contributed by atoms with E-state index < -0.39 is 12.1 Å². The summed E-state index contributed by atoms with van der Waals surface area (Å²) in [5.74, 6) is 0.286. The van der Waals surface area contributed by atoms with E-state index in [9.17, 15) is 14.0 Å². The number of nitrogens with one attached hydrogen (secondary N) is 1. The fourth-order valence-corrected chi connectivity index (χ4v) is 7.40. The second-order valence-corrected chi connectivity index (χ2v) is 13.7. The quantitative estimate of drug-likeness (QED) is 0.298. The molecule has 5 rings (SSSR count). The van der Waals surface area contributed by atoms with Crippen LogP contribution in [0.2, 0.25) is 0 Å². The zero-order valence-electron chi connectivity index (χ0n) is 27.9. The summed E-state index contributed by atoms with van der Waals surface area (Å²) in [6, 6.07) is 13.9. The summed E-state index contributed by atoms with van der Waals surface area (Å²) in [5.41, 5.74) is 1.91. The number of halogens is 1. The Kier molecular flexibility index (Phi) is 12.3. The summed E-state index contributed by atoms with van der Waals surface area (Å²) in [5, 5.41) is 2.99. The molecule has 46 heavy (non-hydrogen) atoms. The first kappa shape index (κ1) is 34.2. The standard InChI is InChI=1S/C37H53FN4O4/c1-3-45-33-14-10-13-32(38)31(33)27-41-23-25-42(26-24-41)35(43)34(39-36(44)46-28-29-11-6-4-7-12-29)30-15-20-40(21-16-30)22-19-37(2)17-8-5-9-18-37/h4,6-7,10-14,30,34H,3,5,8-9,15-28H2,1-2H3,(H,39,44)/t34-/m1/s1. The van der Waals surface area contributed by atoms with Gasteiger partial charge in [-0.25, -0.2) is 9.18 Å². The van der Waals surface area contributed by atoms with Crippen LogP contribution in [0.25, 0.3) is 0 Å². The molecule has 2 amide bonds. The number of piperazine rings is 1. The molecule has 2 heterocycles. The van der Waals surface area contributed by atoms with E-state index in [0.29, 0.717) is 56.1 Å². The molecule has 2 aromatic carbocycles. The fraction of sp³-hybridized carbons (Fsp3) is 0.622. The molecular weight excluding hydrogens is 583 g/mol. The van der Waals surface area contributed by atoms with Gasteiger partial charge in [0.05, 0.1) is 6.61 Å². The monoisotopic (exact) mass is 636 g/mol. The SMILES string of the molecule is CCOc1cccc(F)c1CN1CCN(C(=O)[C@H](NC(=O)OCc2ccccc2)C2CCN(CCC3(C)CCCCC3)CC2)CC1. The molecule has 0 unspecified atom stereocenters. The number of ether oxygens (including phenoxy) is 2. The van der Waals surface area contributed by atoms with Crippen molar-refractivity contribution < 1.29 is 23.5 Å². The first-order valence-electron chi connectivity index (χ1n) is 17.4. The Hall–Kier alpha value is -3.17. The lowest BCUT2D eigenvalue weighted by atomic mass is 9.73. The zero-order chi connectivity index (χ0) is 32.4. The summed E-state index contributed by atoms with van der Waals surface area (Å²) in [4.78, 5) is 33.7. The zero-order valence-corrected chi connectivity index (χ0v) is 27.9. The molecule has 2 saturated heterocycles. The van der Waals surface area contributed by atoms with Crippen LogP contribution in [-0.2, 0) is 22.7 Å². The van der Waals surface area contributed by atoms with Crippen molar-refractivity contribution in [3.63, 3.8) is 0 Å². The number of piperidine rings is 1. The van der Waals surface area contributed by atoms with Gasteiger partial charge in [0.1, 0.15) is 24.2 Å². The van der Waals surface area contributed by atoms with Gasteiger partial charge in [-0.1, -0.05) is 62.6 Å². The van der Waals surface area contributed by atoms with Crippen LogP contribution in [0.5, 0.6) is 5.75 Å². The highest BCUT2D eigenvalue weighted by molar-refractivity contribution is 5.86. The van der Waals surface area contributed by atoms with E-state index in [2.05, 4.69) is 22.0 Å². The topological polar surface area (TPSA) is 74.3 Å². The Morgan fingerprint density at radius 2 is 1.65 bits per heavy atom. The number of likely N-dealkylation sites (tertiary alicyclic amines) is 1. The van der Waals surface area contributed by atoms with Crippen molar-refractivity contribution in [1.82, 2.24) is 20.0 Å². The lowest BCUT2D eigenvalue weighted by Gasteiger charge is -2.41. The molecule has 2 aromatic rings. The van der Waals surface area contributed by atoms with Crippen LogP contribution in [-0.4, -0.2) is 85.2 Å². The lowest BCUT2D eigenvalue weighted by Crippen LogP contribution is -2.58.